The molecular weight excluding hydrogens is 952 g/mol. The Labute approximate surface area is 302 Å². The summed E-state index contributed by atoms with van der Waals surface area (Å²) < 4.78 is 144. The molecule has 0 saturated carbocycles. The second-order valence-electron chi connectivity index (χ2n) is 10.2. The van der Waals surface area contributed by atoms with Crippen LogP contribution in [0.3, 0.4) is 0 Å². The molecule has 2 saturated heterocycles. The van der Waals surface area contributed by atoms with E-state index in [0.29, 0.717) is 0 Å². The van der Waals surface area contributed by atoms with Gasteiger partial charge in [0.1, 0.15) is 43.2 Å². The van der Waals surface area contributed by atoms with Crippen LogP contribution in [0.2, 0.25) is 0 Å². The molecule has 0 aromatic carbocycles. The Morgan fingerprint density at radius 3 is 1.18 bits per heavy atom. The van der Waals surface area contributed by atoms with Gasteiger partial charge in [-0.15, -0.1) is 0 Å². The van der Waals surface area contributed by atoms with Crippen molar-refractivity contribution < 1.29 is 165 Å². The van der Waals surface area contributed by atoms with Gasteiger partial charge >= 0.3 is 62.6 Å². The van der Waals surface area contributed by atoms with E-state index >= 15 is 0 Å². The fourth-order valence-corrected chi connectivity index (χ4v) is 8.27. The predicted octanol–water partition coefficient (Wildman–Crippen LogP) is -4.46. The minimum absolute atomic E-state index is 1.73. The summed E-state index contributed by atoms with van der Waals surface area (Å²) in [6.45, 7) is -5.67. The van der Waals surface area contributed by atoms with Crippen LogP contribution in [0.15, 0.2) is 0 Å². The van der Waals surface area contributed by atoms with Crippen LogP contribution < -0.4 is 0 Å². The van der Waals surface area contributed by atoms with Gasteiger partial charge in [-0.3, -0.25) is 36.2 Å². The summed E-state index contributed by atoms with van der Waals surface area (Å²) in [5.41, 5.74) is 0. The summed E-state index contributed by atoms with van der Waals surface area (Å²) in [6, 6.07) is 0. The van der Waals surface area contributed by atoms with Crippen molar-refractivity contribution in [2.24, 2.45) is 0 Å². The molecule has 2 aliphatic rings. The minimum Gasteiger partial charge on any atom is -0.341 e. The molecule has 2 fully saturated rings. The summed E-state index contributed by atoms with van der Waals surface area (Å²) in [6.07, 6.45) is -24.3. The van der Waals surface area contributed by atoms with Crippen molar-refractivity contribution in [1.82, 2.24) is 0 Å². The van der Waals surface area contributed by atoms with Gasteiger partial charge < -0.3 is 92.5 Å². The standard InChI is InChI=1S/C12H30O35P8/c13-48(14,15)37-1-4-6(43-51(22,23)24)8(45-53(28,29)30)9(46-54(31,32)33)11(40-4)42-12(3-39-50(19,20)21)10(47-55(34,35)36)7(44-52(25,26)27)5(41-12)2-38-49(16,17)18/h4-11H,1-3H2,(H2,13,14,15)(H2,16,17,18)(H2,19,20,21)(H2,22,23,24)(H2,25,26,27)(H2,28,29,30)(H2,31,32,33)(H2,34,35,36)/t4?,5?,6-,7?,8+,9?,10?,11+,12?/m1/s1. The smallest absolute Gasteiger partial charge is 0.341 e. The van der Waals surface area contributed by atoms with Crippen molar-refractivity contribution in [3.05, 3.63) is 0 Å². The SMILES string of the molecule is O=P(O)(O)OCC1OC(COP(=O)(O)O)(O[C@@H]2OC(COP(=O)(O)O)[C@@H](OP(=O)(O)O)[C@H](OP(=O)(O)O)C2OP(=O)(O)O)C(OP(=O)(O)O)C1OP(=O)(O)O. The van der Waals surface area contributed by atoms with Crippen molar-refractivity contribution in [3.8, 4) is 0 Å². The van der Waals surface area contributed by atoms with E-state index in [2.05, 4.69) is 36.2 Å². The maximum Gasteiger partial charge on any atom is 0.470 e. The summed E-state index contributed by atoms with van der Waals surface area (Å²) in [5.74, 6) is -3.90. The zero-order valence-electron chi connectivity index (χ0n) is 25.7. The fraction of sp³-hybridized carbons (Fsp3) is 1.00. The maximum absolute atomic E-state index is 12.1. The molecule has 2 heterocycles. The third kappa shape index (κ3) is 19.3. The molecule has 0 spiro atoms. The molecule has 0 aromatic rings. The number of ether oxygens (including phenoxy) is 3. The maximum atomic E-state index is 12.1. The first-order valence-corrected chi connectivity index (χ1v) is 25.2. The average Bonchev–Trinajstić information content (AvgIpc) is 3.15. The fourth-order valence-electron chi connectivity index (χ4n) is 4.43. The Morgan fingerprint density at radius 1 is 0.418 bits per heavy atom. The largest absolute Gasteiger partial charge is 0.470 e. The van der Waals surface area contributed by atoms with Crippen molar-refractivity contribution >= 4 is 62.6 Å². The lowest BCUT2D eigenvalue weighted by atomic mass is 9.99. The van der Waals surface area contributed by atoms with E-state index < -0.39 is 137 Å². The van der Waals surface area contributed by atoms with Crippen molar-refractivity contribution in [3.63, 3.8) is 0 Å². The van der Waals surface area contributed by atoms with Gasteiger partial charge in [0.2, 0.25) is 5.79 Å². The molecule has 0 aromatic heterocycles. The normalized spacial score (nSPS) is 30.8. The van der Waals surface area contributed by atoms with Gasteiger partial charge in [-0.2, -0.15) is 0 Å². The first kappa shape index (κ1) is 51.9. The Kier molecular flexibility index (Phi) is 17.4. The van der Waals surface area contributed by atoms with Crippen molar-refractivity contribution in [2.75, 3.05) is 19.8 Å². The third-order valence-electron chi connectivity index (χ3n) is 5.89. The minimum atomic E-state index is -6.24. The molecule has 2 rings (SSSR count). The average molecular weight is 982 g/mol. The van der Waals surface area contributed by atoms with Crippen LogP contribution in [0, 0.1) is 0 Å². The van der Waals surface area contributed by atoms with Gasteiger partial charge in [-0.25, -0.2) is 36.5 Å². The summed E-state index contributed by atoms with van der Waals surface area (Å²) >= 11 is 0. The van der Waals surface area contributed by atoms with Gasteiger partial charge in [0, 0.05) is 0 Å². The lowest BCUT2D eigenvalue weighted by molar-refractivity contribution is -0.376. The second kappa shape index (κ2) is 18.4. The Hall–Kier alpha value is 0.760. The van der Waals surface area contributed by atoms with E-state index in [1.807, 2.05) is 0 Å². The monoisotopic (exact) mass is 982 g/mol. The number of phosphoric ester groups is 8. The first-order valence-electron chi connectivity index (χ1n) is 13.0. The highest BCUT2D eigenvalue weighted by Crippen LogP contribution is 2.56. The molecule has 35 nitrogen and oxygen atoms in total. The molecule has 16 N–H and O–H groups in total. The van der Waals surface area contributed by atoms with Gasteiger partial charge in [-0.05, 0) is 0 Å². The van der Waals surface area contributed by atoms with E-state index in [4.69, 9.17) is 24.0 Å². The van der Waals surface area contributed by atoms with Crippen LogP contribution in [0.5, 0.6) is 0 Å². The Bertz CT molecular complexity index is 1700. The van der Waals surface area contributed by atoms with E-state index in [-0.39, 0.29) is 0 Å². The van der Waals surface area contributed by atoms with Crippen molar-refractivity contribution in [1.29, 1.82) is 0 Å². The summed E-state index contributed by atoms with van der Waals surface area (Å²) in [7, 11) is -48.2. The quantitative estimate of drug-likeness (QED) is 0.0482. The van der Waals surface area contributed by atoms with Gasteiger partial charge in [0.05, 0.1) is 13.2 Å². The van der Waals surface area contributed by atoms with Crippen LogP contribution in [0.4, 0.5) is 0 Å². The zero-order valence-corrected chi connectivity index (χ0v) is 32.9. The third-order valence-corrected chi connectivity index (χ3v) is 9.90. The molecule has 328 valence electrons. The molecule has 43 heteroatoms. The van der Waals surface area contributed by atoms with Gasteiger partial charge in [-0.1, -0.05) is 0 Å². The molecular formula is C12H30O35P8. The van der Waals surface area contributed by atoms with E-state index in [1.165, 1.54) is 0 Å². The molecule has 9 atom stereocenters. The zero-order chi connectivity index (χ0) is 43.0. The van der Waals surface area contributed by atoms with E-state index in [1.54, 1.807) is 0 Å². The summed E-state index contributed by atoms with van der Waals surface area (Å²) in [5, 5.41) is 0. The molecule has 2 aliphatic heterocycles. The van der Waals surface area contributed by atoms with Crippen LogP contribution in [-0.4, -0.2) is 153 Å². The lowest BCUT2D eigenvalue weighted by Crippen LogP contribution is -2.64. The molecule has 0 aliphatic carbocycles. The van der Waals surface area contributed by atoms with Gasteiger partial charge in [0.15, 0.2) is 12.4 Å². The Balaban J connectivity index is 3.02. The number of phosphoric acid groups is 8. The van der Waals surface area contributed by atoms with Crippen molar-refractivity contribution in [2.45, 2.75) is 54.8 Å². The molecule has 0 radical (unpaired) electrons. The first-order chi connectivity index (χ1) is 24.2. The highest BCUT2D eigenvalue weighted by molar-refractivity contribution is 7.48. The van der Waals surface area contributed by atoms with Crippen LogP contribution >= 0.6 is 62.6 Å². The van der Waals surface area contributed by atoms with E-state index in [9.17, 15) is 105 Å². The lowest BCUT2D eigenvalue weighted by Gasteiger charge is -2.47. The van der Waals surface area contributed by atoms with Crippen LogP contribution in [0.1, 0.15) is 0 Å². The molecule has 0 amide bonds. The number of rotatable bonds is 21. The Morgan fingerprint density at radius 2 is 0.782 bits per heavy atom. The number of hydrogen-bond acceptors (Lipinski definition) is 19. The molecule has 6 unspecified atom stereocenters. The molecule has 55 heavy (non-hydrogen) atoms. The predicted molar refractivity (Wildman–Crippen MR) is 156 cm³/mol. The van der Waals surface area contributed by atoms with E-state index in [0.717, 1.165) is 0 Å². The highest BCUT2D eigenvalue weighted by Gasteiger charge is 2.65. The highest BCUT2D eigenvalue weighted by atomic mass is 31.2. The van der Waals surface area contributed by atoms with Crippen LogP contribution in [0.25, 0.3) is 0 Å². The molecule has 0 bridgehead atoms. The van der Waals surface area contributed by atoms with Gasteiger partial charge in [0.25, 0.3) is 0 Å². The topological polar surface area (TPSA) is 562 Å². The summed E-state index contributed by atoms with van der Waals surface area (Å²) in [4.78, 5) is 151. The second-order valence-corrected chi connectivity index (χ2v) is 19.9. The number of hydrogen-bond donors (Lipinski definition) is 16. The van der Waals surface area contributed by atoms with Crippen LogP contribution in [-0.2, 0) is 86.9 Å².